The van der Waals surface area contributed by atoms with Gasteiger partial charge in [-0.3, -0.25) is 0 Å². The second-order valence-corrected chi connectivity index (χ2v) is 5.37. The Labute approximate surface area is 125 Å². The van der Waals surface area contributed by atoms with Gasteiger partial charge in [0.05, 0.1) is 6.04 Å². The third-order valence-electron chi connectivity index (χ3n) is 3.69. The topological polar surface area (TPSA) is 12.0 Å². The van der Waals surface area contributed by atoms with Gasteiger partial charge >= 0.3 is 0 Å². The molecule has 1 unspecified atom stereocenters. The van der Waals surface area contributed by atoms with Crippen molar-refractivity contribution in [2.75, 3.05) is 6.54 Å². The second kappa shape index (κ2) is 6.81. The molecule has 0 aliphatic heterocycles. The summed E-state index contributed by atoms with van der Waals surface area (Å²) < 4.78 is 28.2. The van der Waals surface area contributed by atoms with Crippen molar-refractivity contribution >= 4 is 0 Å². The zero-order valence-corrected chi connectivity index (χ0v) is 12.7. The molecule has 0 saturated carbocycles. The predicted molar refractivity (Wildman–Crippen MR) is 82.4 cm³/mol. The molecule has 0 aliphatic carbocycles. The van der Waals surface area contributed by atoms with Gasteiger partial charge in [-0.2, -0.15) is 0 Å². The van der Waals surface area contributed by atoms with Crippen LogP contribution in [0.3, 0.4) is 0 Å². The Morgan fingerprint density at radius 2 is 1.67 bits per heavy atom. The van der Waals surface area contributed by atoms with Gasteiger partial charge in [0, 0.05) is 5.56 Å². The first-order valence-electron chi connectivity index (χ1n) is 7.29. The number of halogens is 2. The van der Waals surface area contributed by atoms with E-state index in [1.54, 1.807) is 6.92 Å². The number of nitrogens with one attached hydrogen (secondary N) is 1. The van der Waals surface area contributed by atoms with Gasteiger partial charge in [-0.05, 0) is 55.6 Å². The van der Waals surface area contributed by atoms with Crippen molar-refractivity contribution in [3.63, 3.8) is 0 Å². The van der Waals surface area contributed by atoms with Gasteiger partial charge in [-0.15, -0.1) is 0 Å². The molecule has 1 nitrogen and oxygen atoms in total. The van der Waals surface area contributed by atoms with Crippen LogP contribution in [0.25, 0.3) is 0 Å². The summed E-state index contributed by atoms with van der Waals surface area (Å²) in [6, 6.07) is 10.1. The molecule has 2 aromatic rings. The molecule has 0 spiro atoms. The van der Waals surface area contributed by atoms with Crippen molar-refractivity contribution < 1.29 is 8.78 Å². The third-order valence-corrected chi connectivity index (χ3v) is 3.69. The van der Waals surface area contributed by atoms with E-state index in [1.165, 1.54) is 12.1 Å². The Morgan fingerprint density at radius 1 is 0.952 bits per heavy atom. The van der Waals surface area contributed by atoms with E-state index in [0.717, 1.165) is 24.1 Å². The molecule has 21 heavy (non-hydrogen) atoms. The highest BCUT2D eigenvalue weighted by atomic mass is 19.1. The average molecular weight is 289 g/mol. The smallest absolute Gasteiger partial charge is 0.128 e. The molecule has 0 saturated heterocycles. The highest BCUT2D eigenvalue weighted by molar-refractivity contribution is 5.38. The van der Waals surface area contributed by atoms with E-state index in [0.29, 0.717) is 11.1 Å². The molecule has 1 atom stereocenters. The fourth-order valence-corrected chi connectivity index (χ4v) is 2.47. The minimum atomic E-state index is -0.372. The van der Waals surface area contributed by atoms with E-state index < -0.39 is 0 Å². The van der Waals surface area contributed by atoms with Crippen LogP contribution in [0.1, 0.15) is 41.6 Å². The molecule has 0 amide bonds. The summed E-state index contributed by atoms with van der Waals surface area (Å²) in [5.41, 5.74) is 2.73. The lowest BCUT2D eigenvalue weighted by Crippen LogP contribution is -2.25. The molecule has 0 fully saturated rings. The Morgan fingerprint density at radius 3 is 2.33 bits per heavy atom. The van der Waals surface area contributed by atoms with Gasteiger partial charge in [0.1, 0.15) is 11.6 Å². The van der Waals surface area contributed by atoms with Crippen molar-refractivity contribution in [1.29, 1.82) is 0 Å². The van der Waals surface area contributed by atoms with E-state index in [4.69, 9.17) is 0 Å². The van der Waals surface area contributed by atoms with Crippen LogP contribution in [0.2, 0.25) is 0 Å². The minimum Gasteiger partial charge on any atom is -0.306 e. The highest BCUT2D eigenvalue weighted by Crippen LogP contribution is 2.28. The summed E-state index contributed by atoms with van der Waals surface area (Å²) in [6.45, 7) is 6.35. The van der Waals surface area contributed by atoms with Crippen molar-refractivity contribution in [2.24, 2.45) is 0 Å². The summed E-state index contributed by atoms with van der Waals surface area (Å²) in [5.74, 6) is -0.742. The standard InChI is InChI=1S/C18H21F2N/c1-4-9-21-18(14-8-6-5-7-12(14)2)15-11-16(19)13(3)10-17(15)20/h5-8,10-11,18,21H,4,9H2,1-3H3. The number of benzene rings is 2. The van der Waals surface area contributed by atoms with E-state index in [2.05, 4.69) is 5.32 Å². The number of aryl methyl sites for hydroxylation is 2. The van der Waals surface area contributed by atoms with Gasteiger partial charge in [-0.1, -0.05) is 31.2 Å². The molecular weight excluding hydrogens is 268 g/mol. The Kier molecular flexibility index (Phi) is 5.07. The SMILES string of the molecule is CCCNC(c1ccccc1C)c1cc(F)c(C)cc1F. The quantitative estimate of drug-likeness (QED) is 0.843. The van der Waals surface area contributed by atoms with Gasteiger partial charge in [0.15, 0.2) is 0 Å². The fraction of sp³-hybridized carbons (Fsp3) is 0.333. The van der Waals surface area contributed by atoms with Crippen molar-refractivity contribution in [3.8, 4) is 0 Å². The van der Waals surface area contributed by atoms with Gasteiger partial charge in [0.25, 0.3) is 0 Å². The molecular formula is C18H21F2N. The molecule has 1 N–H and O–H groups in total. The van der Waals surface area contributed by atoms with E-state index >= 15 is 0 Å². The lowest BCUT2D eigenvalue weighted by Gasteiger charge is -2.22. The normalized spacial score (nSPS) is 12.4. The Bertz CT molecular complexity index is 623. The number of hydrogen-bond acceptors (Lipinski definition) is 1. The molecule has 2 rings (SSSR count). The highest BCUT2D eigenvalue weighted by Gasteiger charge is 2.20. The molecule has 0 bridgehead atoms. The van der Waals surface area contributed by atoms with Crippen molar-refractivity contribution in [3.05, 3.63) is 70.3 Å². The number of rotatable bonds is 5. The van der Waals surface area contributed by atoms with Crippen molar-refractivity contribution in [1.82, 2.24) is 5.32 Å². The molecule has 3 heteroatoms. The van der Waals surface area contributed by atoms with Crippen LogP contribution < -0.4 is 5.32 Å². The average Bonchev–Trinajstić information content (AvgIpc) is 2.46. The van der Waals surface area contributed by atoms with Crippen LogP contribution in [0.5, 0.6) is 0 Å². The maximum absolute atomic E-state index is 14.3. The number of hydrogen-bond donors (Lipinski definition) is 1. The van der Waals surface area contributed by atoms with Gasteiger partial charge in [-0.25, -0.2) is 8.78 Å². The van der Waals surface area contributed by atoms with Crippen molar-refractivity contribution in [2.45, 2.75) is 33.2 Å². The summed E-state index contributed by atoms with van der Waals surface area (Å²) in [5, 5.41) is 3.32. The van der Waals surface area contributed by atoms with Crippen LogP contribution in [0.4, 0.5) is 8.78 Å². The van der Waals surface area contributed by atoms with E-state index in [1.807, 2.05) is 38.1 Å². The summed E-state index contributed by atoms with van der Waals surface area (Å²) >= 11 is 0. The lowest BCUT2D eigenvalue weighted by molar-refractivity contribution is 0.531. The molecule has 0 aromatic heterocycles. The van der Waals surface area contributed by atoms with Gasteiger partial charge in [0.2, 0.25) is 0 Å². The Hall–Kier alpha value is -1.74. The Balaban J connectivity index is 2.51. The first-order chi connectivity index (χ1) is 10.0. The van der Waals surface area contributed by atoms with Crippen LogP contribution in [0, 0.1) is 25.5 Å². The fourth-order valence-electron chi connectivity index (χ4n) is 2.47. The van der Waals surface area contributed by atoms with Gasteiger partial charge < -0.3 is 5.32 Å². The molecule has 0 radical (unpaired) electrons. The predicted octanol–water partition coefficient (Wildman–Crippen LogP) is 4.67. The zero-order valence-electron chi connectivity index (χ0n) is 12.7. The molecule has 112 valence electrons. The molecule has 2 aromatic carbocycles. The second-order valence-electron chi connectivity index (χ2n) is 5.37. The largest absolute Gasteiger partial charge is 0.306 e. The molecule has 0 aliphatic rings. The first kappa shape index (κ1) is 15.6. The van der Waals surface area contributed by atoms with Crippen LogP contribution in [0.15, 0.2) is 36.4 Å². The maximum Gasteiger partial charge on any atom is 0.128 e. The monoisotopic (exact) mass is 289 g/mol. The lowest BCUT2D eigenvalue weighted by atomic mass is 9.93. The first-order valence-corrected chi connectivity index (χ1v) is 7.29. The van der Waals surface area contributed by atoms with E-state index in [9.17, 15) is 8.78 Å². The summed E-state index contributed by atoms with van der Waals surface area (Å²) in [6.07, 6.45) is 0.929. The minimum absolute atomic E-state index is 0.329. The van der Waals surface area contributed by atoms with Crippen LogP contribution in [-0.4, -0.2) is 6.54 Å². The third kappa shape index (κ3) is 3.48. The summed E-state index contributed by atoms with van der Waals surface area (Å²) in [4.78, 5) is 0. The van der Waals surface area contributed by atoms with Crippen LogP contribution >= 0.6 is 0 Å². The maximum atomic E-state index is 14.3. The zero-order chi connectivity index (χ0) is 15.4. The molecule has 0 heterocycles. The van der Waals surface area contributed by atoms with Crippen LogP contribution in [-0.2, 0) is 0 Å². The van der Waals surface area contributed by atoms with E-state index in [-0.39, 0.29) is 17.7 Å². The summed E-state index contributed by atoms with van der Waals surface area (Å²) in [7, 11) is 0.